The maximum Gasteiger partial charge on any atom is 0.339 e. The van der Waals surface area contributed by atoms with Crippen LogP contribution in [-0.2, 0) is 0 Å². The summed E-state index contributed by atoms with van der Waals surface area (Å²) in [6.45, 7) is 0. The number of benzene rings is 2. The Morgan fingerprint density at radius 2 is 1.90 bits per heavy atom. The zero-order chi connectivity index (χ0) is 14.5. The van der Waals surface area contributed by atoms with Crippen LogP contribution < -0.4 is 9.47 Å². The van der Waals surface area contributed by atoms with Crippen molar-refractivity contribution in [1.29, 1.82) is 5.26 Å². The first-order valence-electron chi connectivity index (χ1n) is 5.73. The van der Waals surface area contributed by atoms with Gasteiger partial charge in [-0.25, -0.2) is 4.79 Å². The van der Waals surface area contributed by atoms with Crippen molar-refractivity contribution < 1.29 is 19.4 Å². The summed E-state index contributed by atoms with van der Waals surface area (Å²) in [6, 6.07) is 12.9. The molecule has 2 aromatic rings. The lowest BCUT2D eigenvalue weighted by Gasteiger charge is -2.10. The summed E-state index contributed by atoms with van der Waals surface area (Å²) in [5.41, 5.74) is 0.418. The van der Waals surface area contributed by atoms with Crippen molar-refractivity contribution in [3.05, 3.63) is 53.6 Å². The van der Waals surface area contributed by atoms with Gasteiger partial charge in [-0.15, -0.1) is 0 Å². The van der Waals surface area contributed by atoms with E-state index in [1.54, 1.807) is 30.3 Å². The summed E-state index contributed by atoms with van der Waals surface area (Å²) in [4.78, 5) is 11.1. The number of rotatable bonds is 4. The maximum absolute atomic E-state index is 11.1. The quantitative estimate of drug-likeness (QED) is 0.922. The smallest absolute Gasteiger partial charge is 0.339 e. The van der Waals surface area contributed by atoms with Crippen LogP contribution in [0, 0.1) is 11.3 Å². The van der Waals surface area contributed by atoms with Gasteiger partial charge in [0.2, 0.25) is 0 Å². The summed E-state index contributed by atoms with van der Waals surface area (Å²) in [6.07, 6.45) is 0. The standard InChI is InChI=1S/C15H11NO4/c1-19-11-6-10(9-16)7-12(8-11)20-14-5-3-2-4-13(14)15(17)18/h2-8H,1H3,(H,17,18). The van der Waals surface area contributed by atoms with Gasteiger partial charge in [0.25, 0.3) is 0 Å². The van der Waals surface area contributed by atoms with Crippen molar-refractivity contribution in [3.8, 4) is 23.3 Å². The van der Waals surface area contributed by atoms with Crippen molar-refractivity contribution >= 4 is 5.97 Å². The number of nitrogens with zero attached hydrogens (tertiary/aromatic N) is 1. The van der Waals surface area contributed by atoms with E-state index in [4.69, 9.17) is 19.8 Å². The SMILES string of the molecule is COc1cc(C#N)cc(Oc2ccccc2C(=O)O)c1. The third kappa shape index (κ3) is 2.87. The average molecular weight is 269 g/mol. The lowest BCUT2D eigenvalue weighted by molar-refractivity contribution is 0.0694. The van der Waals surface area contributed by atoms with Crippen molar-refractivity contribution in [2.24, 2.45) is 0 Å². The number of nitriles is 1. The first kappa shape index (κ1) is 13.4. The summed E-state index contributed by atoms with van der Waals surface area (Å²) >= 11 is 0. The van der Waals surface area contributed by atoms with Crippen LogP contribution in [0.5, 0.6) is 17.2 Å². The molecule has 0 radical (unpaired) electrons. The number of carboxylic acids is 1. The molecule has 100 valence electrons. The van der Waals surface area contributed by atoms with Gasteiger partial charge in [0.05, 0.1) is 18.7 Å². The van der Waals surface area contributed by atoms with Gasteiger partial charge in [0, 0.05) is 6.07 Å². The van der Waals surface area contributed by atoms with Crippen molar-refractivity contribution in [2.45, 2.75) is 0 Å². The molecule has 5 heteroatoms. The van der Waals surface area contributed by atoms with E-state index in [-0.39, 0.29) is 11.3 Å². The number of carboxylic acid groups (broad SMARTS) is 1. The molecule has 0 atom stereocenters. The van der Waals surface area contributed by atoms with Crippen LogP contribution in [0.3, 0.4) is 0 Å². The molecule has 0 fully saturated rings. The fourth-order valence-corrected chi connectivity index (χ4v) is 1.67. The highest BCUT2D eigenvalue weighted by Gasteiger charge is 2.12. The summed E-state index contributed by atoms with van der Waals surface area (Å²) in [5, 5.41) is 18.0. The minimum Gasteiger partial charge on any atom is -0.497 e. The molecule has 0 saturated carbocycles. The number of para-hydroxylation sites is 1. The number of hydrogen-bond acceptors (Lipinski definition) is 4. The first-order valence-corrected chi connectivity index (χ1v) is 5.73. The van der Waals surface area contributed by atoms with E-state index in [1.807, 2.05) is 6.07 Å². The monoisotopic (exact) mass is 269 g/mol. The highest BCUT2D eigenvalue weighted by molar-refractivity contribution is 5.90. The number of carbonyl (C=O) groups is 1. The Balaban J connectivity index is 2.40. The van der Waals surface area contributed by atoms with E-state index in [2.05, 4.69) is 0 Å². The van der Waals surface area contributed by atoms with Crippen LogP contribution >= 0.6 is 0 Å². The minimum atomic E-state index is -1.08. The summed E-state index contributed by atoms with van der Waals surface area (Å²) in [5.74, 6) is -0.0670. The Morgan fingerprint density at radius 3 is 2.55 bits per heavy atom. The normalized spacial score (nSPS) is 9.60. The molecule has 2 rings (SSSR count). The molecule has 5 nitrogen and oxygen atoms in total. The van der Waals surface area contributed by atoms with Gasteiger partial charge in [-0.05, 0) is 24.3 Å². The highest BCUT2D eigenvalue weighted by atomic mass is 16.5. The largest absolute Gasteiger partial charge is 0.497 e. The second-order valence-electron chi connectivity index (χ2n) is 3.91. The van der Waals surface area contributed by atoms with Crippen molar-refractivity contribution in [1.82, 2.24) is 0 Å². The van der Waals surface area contributed by atoms with Gasteiger partial charge in [-0.3, -0.25) is 0 Å². The molecule has 2 aromatic carbocycles. The molecule has 0 saturated heterocycles. The molecule has 0 bridgehead atoms. The Labute approximate surface area is 115 Å². The van der Waals surface area contributed by atoms with Crippen LogP contribution in [0.1, 0.15) is 15.9 Å². The van der Waals surface area contributed by atoms with Crippen LogP contribution in [0.2, 0.25) is 0 Å². The van der Waals surface area contributed by atoms with Gasteiger partial charge in [-0.1, -0.05) is 12.1 Å². The van der Waals surface area contributed by atoms with Gasteiger partial charge < -0.3 is 14.6 Å². The third-order valence-electron chi connectivity index (χ3n) is 2.59. The van der Waals surface area contributed by atoms with Gasteiger partial charge >= 0.3 is 5.97 Å². The molecule has 0 aliphatic heterocycles. The van der Waals surface area contributed by atoms with Crippen LogP contribution in [-0.4, -0.2) is 18.2 Å². The molecular weight excluding hydrogens is 258 g/mol. The fourth-order valence-electron chi connectivity index (χ4n) is 1.67. The molecule has 0 aliphatic carbocycles. The summed E-state index contributed by atoms with van der Waals surface area (Å²) < 4.78 is 10.6. The number of aromatic carboxylic acids is 1. The second kappa shape index (κ2) is 5.76. The Kier molecular flexibility index (Phi) is 3.87. The second-order valence-corrected chi connectivity index (χ2v) is 3.91. The van der Waals surface area contributed by atoms with Crippen molar-refractivity contribution in [3.63, 3.8) is 0 Å². The van der Waals surface area contributed by atoms with E-state index in [0.29, 0.717) is 17.1 Å². The fraction of sp³-hybridized carbons (Fsp3) is 0.0667. The average Bonchev–Trinajstić information content (AvgIpc) is 2.47. The van der Waals surface area contributed by atoms with Crippen LogP contribution in [0.15, 0.2) is 42.5 Å². The molecule has 0 unspecified atom stereocenters. The Morgan fingerprint density at radius 1 is 1.20 bits per heavy atom. The highest BCUT2D eigenvalue weighted by Crippen LogP contribution is 2.29. The molecule has 0 amide bonds. The van der Waals surface area contributed by atoms with E-state index >= 15 is 0 Å². The molecular formula is C15H11NO4. The number of ether oxygens (including phenoxy) is 2. The van der Waals surface area contributed by atoms with Gasteiger partial charge in [-0.2, -0.15) is 5.26 Å². The van der Waals surface area contributed by atoms with E-state index < -0.39 is 5.97 Å². The third-order valence-corrected chi connectivity index (χ3v) is 2.59. The maximum atomic E-state index is 11.1. The zero-order valence-electron chi connectivity index (χ0n) is 10.7. The first-order chi connectivity index (χ1) is 9.63. The molecule has 20 heavy (non-hydrogen) atoms. The lowest BCUT2D eigenvalue weighted by atomic mass is 10.2. The minimum absolute atomic E-state index is 0.0498. The molecule has 1 N–H and O–H groups in total. The molecule has 0 heterocycles. The predicted molar refractivity (Wildman–Crippen MR) is 71.2 cm³/mol. The molecule has 0 aromatic heterocycles. The summed E-state index contributed by atoms with van der Waals surface area (Å²) in [7, 11) is 1.48. The number of hydrogen-bond donors (Lipinski definition) is 1. The van der Waals surface area contributed by atoms with Gasteiger partial charge in [0.1, 0.15) is 22.8 Å². The van der Waals surface area contributed by atoms with Gasteiger partial charge in [0.15, 0.2) is 0 Å². The molecule has 0 spiro atoms. The van der Waals surface area contributed by atoms with Crippen molar-refractivity contribution in [2.75, 3.05) is 7.11 Å². The number of methoxy groups -OCH3 is 1. The van der Waals surface area contributed by atoms with Crippen LogP contribution in [0.4, 0.5) is 0 Å². The van der Waals surface area contributed by atoms with Crippen LogP contribution in [0.25, 0.3) is 0 Å². The Hall–Kier alpha value is -3.00. The van der Waals surface area contributed by atoms with E-state index in [1.165, 1.54) is 19.2 Å². The van der Waals surface area contributed by atoms with E-state index in [0.717, 1.165) is 0 Å². The predicted octanol–water partition coefficient (Wildman–Crippen LogP) is 3.06. The topological polar surface area (TPSA) is 79.5 Å². The Bertz CT molecular complexity index is 689. The lowest BCUT2D eigenvalue weighted by Crippen LogP contribution is -1.99. The zero-order valence-corrected chi connectivity index (χ0v) is 10.7. The molecule has 0 aliphatic rings. The van der Waals surface area contributed by atoms with E-state index in [9.17, 15) is 4.79 Å².